The second-order valence-corrected chi connectivity index (χ2v) is 3.24. The molecule has 0 amide bonds. The first-order chi connectivity index (χ1) is 4.91. The molecular weight excluding hydrogens is 146 g/mol. The van der Waals surface area contributed by atoms with Gasteiger partial charge in [-0.2, -0.15) is 11.8 Å². The van der Waals surface area contributed by atoms with Crippen molar-refractivity contribution in [3.8, 4) is 0 Å². The molecule has 3 heteroatoms. The molecule has 62 valence electrons. The number of hydrogen-bond acceptors (Lipinski definition) is 3. The van der Waals surface area contributed by atoms with Crippen LogP contribution in [0, 0.1) is 0 Å². The molecule has 0 rings (SSSR count). The molecule has 0 aliphatic carbocycles. The van der Waals surface area contributed by atoms with Gasteiger partial charge in [0, 0.05) is 12.3 Å². The molecule has 0 unspecified atom stereocenters. The minimum Gasteiger partial charge on any atom is -0.379 e. The van der Waals surface area contributed by atoms with Crippen molar-refractivity contribution in [1.29, 1.82) is 0 Å². The maximum atomic E-state index is 5.24. The van der Waals surface area contributed by atoms with Crippen molar-refractivity contribution in [3.05, 3.63) is 0 Å². The molecule has 0 saturated heterocycles. The van der Waals surface area contributed by atoms with Gasteiger partial charge in [0.15, 0.2) is 0 Å². The molecule has 2 nitrogen and oxygen atoms in total. The van der Waals surface area contributed by atoms with Gasteiger partial charge >= 0.3 is 0 Å². The van der Waals surface area contributed by atoms with E-state index < -0.39 is 0 Å². The highest BCUT2D eigenvalue weighted by molar-refractivity contribution is 7.99. The Labute approximate surface area is 67.5 Å². The summed E-state index contributed by atoms with van der Waals surface area (Å²) in [6.07, 6.45) is 1.25. The standard InChI is InChI=1S/C7H17NOS/c1-2-6-10-7-5-9-4-3-8/h2-8H2,1H3. The Hall–Kier alpha value is 0.270. The average molecular weight is 163 g/mol. The Morgan fingerprint density at radius 2 is 2.10 bits per heavy atom. The van der Waals surface area contributed by atoms with Crippen LogP contribution < -0.4 is 5.73 Å². The van der Waals surface area contributed by atoms with Crippen LogP contribution in [0.15, 0.2) is 0 Å². The summed E-state index contributed by atoms with van der Waals surface area (Å²) < 4.78 is 5.18. The molecule has 0 aromatic carbocycles. The summed E-state index contributed by atoms with van der Waals surface area (Å²) in [6.45, 7) is 4.38. The number of hydrogen-bond donors (Lipinski definition) is 1. The molecular formula is C7H17NOS. The Morgan fingerprint density at radius 1 is 1.30 bits per heavy atom. The van der Waals surface area contributed by atoms with Crippen molar-refractivity contribution in [1.82, 2.24) is 0 Å². The molecule has 0 heterocycles. The molecule has 0 saturated carbocycles. The summed E-state index contributed by atoms with van der Waals surface area (Å²) >= 11 is 1.94. The lowest BCUT2D eigenvalue weighted by atomic mass is 10.6. The lowest BCUT2D eigenvalue weighted by molar-refractivity contribution is 0.158. The number of thioether (sulfide) groups is 1. The van der Waals surface area contributed by atoms with E-state index in [1.54, 1.807) is 0 Å². The van der Waals surface area contributed by atoms with E-state index in [0.29, 0.717) is 13.2 Å². The predicted octanol–water partition coefficient (Wildman–Crippen LogP) is 1.10. The zero-order valence-electron chi connectivity index (χ0n) is 6.64. The van der Waals surface area contributed by atoms with Crippen molar-refractivity contribution in [2.24, 2.45) is 5.73 Å². The Balaban J connectivity index is 2.65. The average Bonchev–Trinajstić information content (AvgIpc) is 1.97. The molecule has 0 aliphatic rings. The van der Waals surface area contributed by atoms with Gasteiger partial charge in [-0.05, 0) is 12.2 Å². The first-order valence-electron chi connectivity index (χ1n) is 3.77. The van der Waals surface area contributed by atoms with Crippen LogP contribution in [0.5, 0.6) is 0 Å². The predicted molar refractivity (Wildman–Crippen MR) is 47.5 cm³/mol. The van der Waals surface area contributed by atoms with Gasteiger partial charge in [0.25, 0.3) is 0 Å². The molecule has 0 aliphatic heterocycles. The van der Waals surface area contributed by atoms with Crippen LogP contribution in [0.2, 0.25) is 0 Å². The Kier molecular flexibility index (Phi) is 9.52. The van der Waals surface area contributed by atoms with E-state index in [-0.39, 0.29) is 0 Å². The smallest absolute Gasteiger partial charge is 0.0589 e. The zero-order chi connectivity index (χ0) is 7.66. The fraction of sp³-hybridized carbons (Fsp3) is 1.00. The molecule has 0 spiro atoms. The maximum absolute atomic E-state index is 5.24. The van der Waals surface area contributed by atoms with Gasteiger partial charge in [-0.3, -0.25) is 0 Å². The van der Waals surface area contributed by atoms with Gasteiger partial charge in [0.05, 0.1) is 13.2 Å². The molecule has 0 bridgehead atoms. The second kappa shape index (κ2) is 9.27. The second-order valence-electron chi connectivity index (χ2n) is 2.01. The molecule has 0 radical (unpaired) electrons. The third-order valence-corrected chi connectivity index (χ3v) is 2.13. The minimum atomic E-state index is 0.637. The highest BCUT2D eigenvalue weighted by Gasteiger charge is 1.86. The Bertz CT molecular complexity index is 53.6. The van der Waals surface area contributed by atoms with Crippen molar-refractivity contribution in [3.63, 3.8) is 0 Å². The summed E-state index contributed by atoms with van der Waals surface area (Å²) in [4.78, 5) is 0. The number of ether oxygens (including phenoxy) is 1. The fourth-order valence-corrected chi connectivity index (χ4v) is 1.28. The Morgan fingerprint density at radius 3 is 2.70 bits per heavy atom. The summed E-state index contributed by atoms with van der Waals surface area (Å²) in [6, 6.07) is 0. The van der Waals surface area contributed by atoms with Crippen LogP contribution in [-0.2, 0) is 4.74 Å². The van der Waals surface area contributed by atoms with Crippen LogP contribution in [0.3, 0.4) is 0 Å². The summed E-state index contributed by atoms with van der Waals surface area (Å²) in [5, 5.41) is 0. The summed E-state index contributed by atoms with van der Waals surface area (Å²) in [5.41, 5.74) is 5.24. The lowest BCUT2D eigenvalue weighted by Gasteiger charge is -2.00. The van der Waals surface area contributed by atoms with Gasteiger partial charge in [0.2, 0.25) is 0 Å². The zero-order valence-corrected chi connectivity index (χ0v) is 7.45. The molecule has 0 aromatic heterocycles. The molecule has 0 fully saturated rings. The minimum absolute atomic E-state index is 0.637. The van der Waals surface area contributed by atoms with E-state index in [0.717, 1.165) is 12.4 Å². The van der Waals surface area contributed by atoms with E-state index in [1.165, 1.54) is 12.2 Å². The third-order valence-electron chi connectivity index (χ3n) is 0.983. The number of nitrogens with two attached hydrogens (primary N) is 1. The summed E-state index contributed by atoms with van der Waals surface area (Å²) in [7, 11) is 0. The van der Waals surface area contributed by atoms with Crippen molar-refractivity contribution in [2.45, 2.75) is 13.3 Å². The highest BCUT2D eigenvalue weighted by atomic mass is 32.2. The first kappa shape index (κ1) is 10.3. The first-order valence-corrected chi connectivity index (χ1v) is 4.92. The fourth-order valence-electron chi connectivity index (χ4n) is 0.550. The van der Waals surface area contributed by atoms with Gasteiger partial charge < -0.3 is 10.5 Å². The highest BCUT2D eigenvalue weighted by Crippen LogP contribution is 2.00. The van der Waals surface area contributed by atoms with Crippen LogP contribution >= 0.6 is 11.8 Å². The van der Waals surface area contributed by atoms with Gasteiger partial charge in [-0.15, -0.1) is 0 Å². The van der Waals surface area contributed by atoms with Crippen molar-refractivity contribution < 1.29 is 4.74 Å². The van der Waals surface area contributed by atoms with Crippen LogP contribution in [0.4, 0.5) is 0 Å². The SMILES string of the molecule is CCCSCCOCCN. The monoisotopic (exact) mass is 163 g/mol. The molecule has 2 N–H and O–H groups in total. The maximum Gasteiger partial charge on any atom is 0.0589 e. The van der Waals surface area contributed by atoms with Crippen LogP contribution in [0.1, 0.15) is 13.3 Å². The van der Waals surface area contributed by atoms with Gasteiger partial charge in [-0.25, -0.2) is 0 Å². The van der Waals surface area contributed by atoms with Gasteiger partial charge in [-0.1, -0.05) is 6.92 Å². The molecule has 0 aromatic rings. The van der Waals surface area contributed by atoms with Crippen molar-refractivity contribution in [2.75, 3.05) is 31.3 Å². The van der Waals surface area contributed by atoms with Crippen LogP contribution in [-0.4, -0.2) is 31.3 Å². The van der Waals surface area contributed by atoms with E-state index in [1.807, 2.05) is 11.8 Å². The topological polar surface area (TPSA) is 35.2 Å². The van der Waals surface area contributed by atoms with Crippen molar-refractivity contribution >= 4 is 11.8 Å². The van der Waals surface area contributed by atoms with Crippen LogP contribution in [0.25, 0.3) is 0 Å². The third kappa shape index (κ3) is 8.27. The van der Waals surface area contributed by atoms with E-state index in [2.05, 4.69) is 6.92 Å². The lowest BCUT2D eigenvalue weighted by Crippen LogP contribution is -2.09. The molecule has 10 heavy (non-hydrogen) atoms. The largest absolute Gasteiger partial charge is 0.379 e. The van der Waals surface area contributed by atoms with E-state index in [4.69, 9.17) is 10.5 Å². The normalized spacial score (nSPS) is 10.2. The van der Waals surface area contributed by atoms with Gasteiger partial charge in [0.1, 0.15) is 0 Å². The molecule has 0 atom stereocenters. The quantitative estimate of drug-likeness (QED) is 0.571. The number of rotatable bonds is 7. The van der Waals surface area contributed by atoms with E-state index in [9.17, 15) is 0 Å². The summed E-state index contributed by atoms with van der Waals surface area (Å²) in [5.74, 6) is 2.35. The van der Waals surface area contributed by atoms with E-state index >= 15 is 0 Å².